The van der Waals surface area contributed by atoms with E-state index in [4.69, 9.17) is 10.6 Å². The summed E-state index contributed by atoms with van der Waals surface area (Å²) in [7, 11) is 1.50. The van der Waals surface area contributed by atoms with Gasteiger partial charge < -0.3 is 4.74 Å². The Morgan fingerprint density at radius 2 is 2.19 bits per heavy atom. The predicted molar refractivity (Wildman–Crippen MR) is 61.5 cm³/mol. The highest BCUT2D eigenvalue weighted by atomic mass is 79.9. The standard InChI is InChI=1S/C10H13BrF2N2O/c1-16-9-3-2-7(11)4-6(9)5-8(15-14)10(12)13/h2-4,8,10,15H,5,14H2,1H3. The Kier molecular flexibility index (Phi) is 5.11. The Bertz CT molecular complexity index is 350. The molecular weight excluding hydrogens is 282 g/mol. The van der Waals surface area contributed by atoms with Crippen molar-refractivity contribution in [3.05, 3.63) is 28.2 Å². The summed E-state index contributed by atoms with van der Waals surface area (Å²) in [6.45, 7) is 0. The number of nitrogens with two attached hydrogens (primary N) is 1. The van der Waals surface area contributed by atoms with Gasteiger partial charge in [-0.1, -0.05) is 15.9 Å². The normalized spacial score (nSPS) is 12.9. The highest BCUT2D eigenvalue weighted by Crippen LogP contribution is 2.25. The second kappa shape index (κ2) is 6.12. The summed E-state index contributed by atoms with van der Waals surface area (Å²) in [5, 5.41) is 0. The fourth-order valence-corrected chi connectivity index (χ4v) is 1.77. The van der Waals surface area contributed by atoms with Crippen molar-refractivity contribution in [1.29, 1.82) is 0 Å². The summed E-state index contributed by atoms with van der Waals surface area (Å²) in [6.07, 6.45) is -2.41. The molecule has 90 valence electrons. The lowest BCUT2D eigenvalue weighted by Crippen LogP contribution is -2.42. The smallest absolute Gasteiger partial charge is 0.255 e. The van der Waals surface area contributed by atoms with Gasteiger partial charge in [0.1, 0.15) is 5.75 Å². The first-order valence-electron chi connectivity index (χ1n) is 4.65. The molecule has 1 unspecified atom stereocenters. The minimum atomic E-state index is -2.52. The topological polar surface area (TPSA) is 47.3 Å². The summed E-state index contributed by atoms with van der Waals surface area (Å²) >= 11 is 3.28. The molecule has 3 N–H and O–H groups in total. The average molecular weight is 295 g/mol. The van der Waals surface area contributed by atoms with Crippen molar-refractivity contribution in [3.8, 4) is 5.75 Å². The molecular formula is C10H13BrF2N2O. The third kappa shape index (κ3) is 3.40. The molecule has 0 bridgehead atoms. The van der Waals surface area contributed by atoms with Crippen LogP contribution in [0.1, 0.15) is 5.56 Å². The van der Waals surface area contributed by atoms with Crippen LogP contribution in [0.5, 0.6) is 5.75 Å². The van der Waals surface area contributed by atoms with Crippen molar-refractivity contribution in [2.24, 2.45) is 5.84 Å². The Balaban J connectivity index is 2.89. The number of halogens is 3. The molecule has 0 aliphatic heterocycles. The zero-order valence-corrected chi connectivity index (χ0v) is 10.3. The molecule has 16 heavy (non-hydrogen) atoms. The van der Waals surface area contributed by atoms with Gasteiger partial charge in [0.05, 0.1) is 13.2 Å². The predicted octanol–water partition coefficient (Wildman–Crippen LogP) is 2.10. The Hall–Kier alpha value is -0.720. The van der Waals surface area contributed by atoms with Crippen LogP contribution >= 0.6 is 15.9 Å². The van der Waals surface area contributed by atoms with Gasteiger partial charge in [-0.3, -0.25) is 11.3 Å². The van der Waals surface area contributed by atoms with Crippen molar-refractivity contribution in [2.75, 3.05) is 7.11 Å². The number of nitrogens with one attached hydrogen (secondary N) is 1. The van der Waals surface area contributed by atoms with Gasteiger partial charge in [0.25, 0.3) is 6.43 Å². The monoisotopic (exact) mass is 294 g/mol. The van der Waals surface area contributed by atoms with Gasteiger partial charge in [0.2, 0.25) is 0 Å². The maximum absolute atomic E-state index is 12.5. The maximum atomic E-state index is 12.5. The molecule has 0 saturated heterocycles. The van der Waals surface area contributed by atoms with E-state index in [-0.39, 0.29) is 6.42 Å². The minimum Gasteiger partial charge on any atom is -0.496 e. The highest BCUT2D eigenvalue weighted by Gasteiger charge is 2.20. The molecule has 0 aliphatic carbocycles. The molecule has 6 heteroatoms. The molecule has 0 amide bonds. The molecule has 0 saturated carbocycles. The molecule has 0 radical (unpaired) electrons. The summed E-state index contributed by atoms with van der Waals surface area (Å²) in [5.41, 5.74) is 2.78. The number of alkyl halides is 2. The lowest BCUT2D eigenvalue weighted by molar-refractivity contribution is 0.0981. The van der Waals surface area contributed by atoms with Gasteiger partial charge in [-0.2, -0.15) is 0 Å². The minimum absolute atomic E-state index is 0.108. The largest absolute Gasteiger partial charge is 0.496 e. The van der Waals surface area contributed by atoms with Crippen molar-refractivity contribution in [3.63, 3.8) is 0 Å². The first-order chi connectivity index (χ1) is 7.58. The third-order valence-corrected chi connectivity index (χ3v) is 2.69. The zero-order chi connectivity index (χ0) is 12.1. The molecule has 0 fully saturated rings. The lowest BCUT2D eigenvalue weighted by Gasteiger charge is -2.16. The van der Waals surface area contributed by atoms with E-state index in [9.17, 15) is 8.78 Å². The quantitative estimate of drug-likeness (QED) is 0.646. The van der Waals surface area contributed by atoms with Crippen molar-refractivity contribution in [2.45, 2.75) is 18.9 Å². The first kappa shape index (κ1) is 13.3. The van der Waals surface area contributed by atoms with Crippen LogP contribution in [0, 0.1) is 0 Å². The van der Waals surface area contributed by atoms with E-state index in [1.54, 1.807) is 18.2 Å². The summed E-state index contributed by atoms with van der Waals surface area (Å²) < 4.78 is 31.0. The van der Waals surface area contributed by atoms with Crippen LogP contribution in [0.25, 0.3) is 0 Å². The Morgan fingerprint density at radius 1 is 1.50 bits per heavy atom. The molecule has 1 rings (SSSR count). The SMILES string of the molecule is COc1ccc(Br)cc1CC(NN)C(F)F. The lowest BCUT2D eigenvalue weighted by atomic mass is 10.1. The van der Waals surface area contributed by atoms with Crippen molar-refractivity contribution < 1.29 is 13.5 Å². The zero-order valence-electron chi connectivity index (χ0n) is 8.71. The number of hydrazine groups is 1. The maximum Gasteiger partial charge on any atom is 0.255 e. The molecule has 1 aromatic rings. The van der Waals surface area contributed by atoms with E-state index in [0.717, 1.165) is 4.47 Å². The number of ether oxygens (including phenoxy) is 1. The summed E-state index contributed by atoms with van der Waals surface area (Å²) in [5.74, 6) is 5.64. The second-order valence-corrected chi connectivity index (χ2v) is 4.18. The number of hydrogen-bond donors (Lipinski definition) is 2. The third-order valence-electron chi connectivity index (χ3n) is 2.20. The van der Waals surface area contributed by atoms with E-state index in [2.05, 4.69) is 21.4 Å². The van der Waals surface area contributed by atoms with E-state index in [1.165, 1.54) is 7.11 Å². The van der Waals surface area contributed by atoms with Crippen LogP contribution in [-0.2, 0) is 6.42 Å². The van der Waals surface area contributed by atoms with Gasteiger partial charge in [0.15, 0.2) is 0 Å². The fourth-order valence-electron chi connectivity index (χ4n) is 1.36. The molecule has 0 aliphatic rings. The van der Waals surface area contributed by atoms with Gasteiger partial charge in [-0.25, -0.2) is 8.78 Å². The van der Waals surface area contributed by atoms with Crippen LogP contribution in [0.3, 0.4) is 0 Å². The van der Waals surface area contributed by atoms with Gasteiger partial charge in [-0.05, 0) is 30.2 Å². The van der Waals surface area contributed by atoms with Crippen LogP contribution in [0.4, 0.5) is 8.78 Å². The van der Waals surface area contributed by atoms with Crippen molar-refractivity contribution >= 4 is 15.9 Å². The number of hydrogen-bond acceptors (Lipinski definition) is 3. The van der Waals surface area contributed by atoms with Gasteiger partial charge >= 0.3 is 0 Å². The summed E-state index contributed by atoms with van der Waals surface area (Å²) in [4.78, 5) is 0. The number of benzene rings is 1. The van der Waals surface area contributed by atoms with Crippen LogP contribution < -0.4 is 16.0 Å². The van der Waals surface area contributed by atoms with E-state index in [1.807, 2.05) is 0 Å². The Morgan fingerprint density at radius 3 is 2.69 bits per heavy atom. The van der Waals surface area contributed by atoms with Crippen LogP contribution in [0.2, 0.25) is 0 Å². The number of methoxy groups -OCH3 is 1. The summed E-state index contributed by atoms with van der Waals surface area (Å²) in [6, 6.07) is 4.17. The van der Waals surface area contributed by atoms with E-state index >= 15 is 0 Å². The molecule has 0 heterocycles. The first-order valence-corrected chi connectivity index (χ1v) is 5.44. The molecule has 1 aromatic carbocycles. The van der Waals surface area contributed by atoms with E-state index in [0.29, 0.717) is 11.3 Å². The molecule has 1 atom stereocenters. The number of rotatable bonds is 5. The second-order valence-electron chi connectivity index (χ2n) is 3.27. The molecule has 0 aromatic heterocycles. The Labute approximate surface area is 101 Å². The fraction of sp³-hybridized carbons (Fsp3) is 0.400. The van der Waals surface area contributed by atoms with Crippen LogP contribution in [-0.4, -0.2) is 19.6 Å². The van der Waals surface area contributed by atoms with Crippen LogP contribution in [0.15, 0.2) is 22.7 Å². The van der Waals surface area contributed by atoms with Gasteiger partial charge in [0, 0.05) is 4.47 Å². The average Bonchev–Trinajstić information content (AvgIpc) is 2.25. The van der Waals surface area contributed by atoms with E-state index < -0.39 is 12.5 Å². The van der Waals surface area contributed by atoms with Crippen molar-refractivity contribution in [1.82, 2.24) is 5.43 Å². The highest BCUT2D eigenvalue weighted by molar-refractivity contribution is 9.10. The molecule has 3 nitrogen and oxygen atoms in total. The molecule has 0 spiro atoms. The van der Waals surface area contributed by atoms with Gasteiger partial charge in [-0.15, -0.1) is 0 Å².